The van der Waals surface area contributed by atoms with Gasteiger partial charge in [-0.15, -0.1) is 12.4 Å². The molecule has 1 fully saturated rings. The van der Waals surface area contributed by atoms with Crippen LogP contribution in [0.2, 0.25) is 0 Å². The van der Waals surface area contributed by atoms with Crippen LogP contribution in [-0.4, -0.2) is 20.8 Å². The number of benzene rings is 1. The quantitative estimate of drug-likeness (QED) is 0.931. The molecule has 16 heavy (non-hydrogen) atoms. The van der Waals surface area contributed by atoms with E-state index in [4.69, 9.17) is 9.47 Å². The van der Waals surface area contributed by atoms with Crippen LogP contribution in [0.4, 0.5) is 0 Å². The molecule has 1 saturated heterocycles. The lowest BCUT2D eigenvalue weighted by molar-refractivity contribution is 0.348. The second kappa shape index (κ2) is 5.75. The van der Waals surface area contributed by atoms with Gasteiger partial charge in [-0.25, -0.2) is 0 Å². The molecule has 0 amide bonds. The third-order valence-electron chi connectivity index (χ3n) is 2.70. The Morgan fingerprint density at radius 3 is 2.31 bits per heavy atom. The summed E-state index contributed by atoms with van der Waals surface area (Å²) in [5, 5.41) is 3.36. The molecule has 1 aromatic carbocycles. The highest BCUT2D eigenvalue weighted by molar-refractivity contribution is 9.10. The maximum absolute atomic E-state index is 5.36. The summed E-state index contributed by atoms with van der Waals surface area (Å²) in [6.07, 6.45) is 1.15. The van der Waals surface area contributed by atoms with Crippen LogP contribution < -0.4 is 14.8 Å². The van der Waals surface area contributed by atoms with Gasteiger partial charge in [-0.2, -0.15) is 0 Å². The topological polar surface area (TPSA) is 30.5 Å². The summed E-state index contributed by atoms with van der Waals surface area (Å²) in [6.45, 7) is 1.08. The summed E-state index contributed by atoms with van der Waals surface area (Å²) < 4.78 is 11.6. The van der Waals surface area contributed by atoms with E-state index in [-0.39, 0.29) is 12.4 Å². The molecular weight excluding hydrogens is 293 g/mol. The Balaban J connectivity index is 0.00000128. The molecular formula is C11H15BrClNO2. The van der Waals surface area contributed by atoms with Crippen LogP contribution >= 0.6 is 28.3 Å². The van der Waals surface area contributed by atoms with E-state index in [0.29, 0.717) is 6.04 Å². The van der Waals surface area contributed by atoms with Gasteiger partial charge >= 0.3 is 0 Å². The van der Waals surface area contributed by atoms with Crippen LogP contribution in [0.1, 0.15) is 18.0 Å². The zero-order chi connectivity index (χ0) is 10.8. The standard InChI is InChI=1S/C11H14BrNO2.ClH/c1-14-10-6-8(12)11(15-2)5-7(10)9-3-4-13-9;/h5-6,9,13H,3-4H2,1-2H3;1H/t9-;/m0./s1. The predicted octanol–water partition coefficient (Wildman–Crippen LogP) is 2.92. The van der Waals surface area contributed by atoms with Gasteiger partial charge in [-0.05, 0) is 41.0 Å². The van der Waals surface area contributed by atoms with Gasteiger partial charge in [-0.1, -0.05) is 0 Å². The number of methoxy groups -OCH3 is 2. The Kier molecular flexibility index (Phi) is 4.89. The van der Waals surface area contributed by atoms with Crippen molar-refractivity contribution in [2.75, 3.05) is 20.8 Å². The van der Waals surface area contributed by atoms with Gasteiger partial charge in [0, 0.05) is 11.6 Å². The van der Waals surface area contributed by atoms with Gasteiger partial charge in [0.25, 0.3) is 0 Å². The van der Waals surface area contributed by atoms with E-state index in [1.54, 1.807) is 14.2 Å². The van der Waals surface area contributed by atoms with E-state index in [2.05, 4.69) is 21.2 Å². The second-order valence-corrected chi connectivity index (χ2v) is 4.38. The highest BCUT2D eigenvalue weighted by Crippen LogP contribution is 2.38. The molecule has 0 unspecified atom stereocenters. The second-order valence-electron chi connectivity index (χ2n) is 3.52. The van der Waals surface area contributed by atoms with E-state index in [0.717, 1.165) is 28.9 Å². The molecule has 1 heterocycles. The molecule has 1 atom stereocenters. The monoisotopic (exact) mass is 307 g/mol. The molecule has 0 saturated carbocycles. The summed E-state index contributed by atoms with van der Waals surface area (Å²) in [4.78, 5) is 0. The van der Waals surface area contributed by atoms with Crippen molar-refractivity contribution < 1.29 is 9.47 Å². The number of rotatable bonds is 3. The first-order chi connectivity index (χ1) is 7.26. The number of hydrogen-bond donors (Lipinski definition) is 1. The molecule has 1 aliphatic heterocycles. The van der Waals surface area contributed by atoms with E-state index < -0.39 is 0 Å². The lowest BCUT2D eigenvalue weighted by Crippen LogP contribution is -2.35. The van der Waals surface area contributed by atoms with Crippen molar-refractivity contribution >= 4 is 28.3 Å². The highest BCUT2D eigenvalue weighted by Gasteiger charge is 2.23. The number of ether oxygens (including phenoxy) is 2. The van der Waals surface area contributed by atoms with Crippen LogP contribution in [0.25, 0.3) is 0 Å². The molecule has 0 aromatic heterocycles. The van der Waals surface area contributed by atoms with E-state index in [1.807, 2.05) is 12.1 Å². The molecule has 0 spiro atoms. The van der Waals surface area contributed by atoms with Crippen molar-refractivity contribution in [1.29, 1.82) is 0 Å². The summed E-state index contributed by atoms with van der Waals surface area (Å²) in [7, 11) is 3.36. The van der Waals surface area contributed by atoms with Gasteiger partial charge in [0.05, 0.1) is 18.7 Å². The molecule has 0 bridgehead atoms. The molecule has 5 heteroatoms. The van der Waals surface area contributed by atoms with Gasteiger partial charge in [0.2, 0.25) is 0 Å². The van der Waals surface area contributed by atoms with Gasteiger partial charge in [0.15, 0.2) is 0 Å². The Bertz CT molecular complexity index is 369. The minimum absolute atomic E-state index is 0. The summed E-state index contributed by atoms with van der Waals surface area (Å²) in [6, 6.07) is 4.38. The molecule has 0 radical (unpaired) electrons. The predicted molar refractivity (Wildman–Crippen MR) is 69.9 cm³/mol. The Morgan fingerprint density at radius 1 is 1.25 bits per heavy atom. The van der Waals surface area contributed by atoms with E-state index in [1.165, 1.54) is 5.56 Å². The average molecular weight is 309 g/mol. The molecule has 90 valence electrons. The van der Waals surface area contributed by atoms with E-state index >= 15 is 0 Å². The lowest BCUT2D eigenvalue weighted by atomic mass is 9.97. The fraction of sp³-hybridized carbons (Fsp3) is 0.455. The normalized spacial score (nSPS) is 18.3. The van der Waals surface area contributed by atoms with Crippen LogP contribution in [0.3, 0.4) is 0 Å². The smallest absolute Gasteiger partial charge is 0.133 e. The van der Waals surface area contributed by atoms with Crippen LogP contribution in [0.5, 0.6) is 11.5 Å². The zero-order valence-electron chi connectivity index (χ0n) is 9.25. The van der Waals surface area contributed by atoms with Gasteiger partial charge in [0.1, 0.15) is 11.5 Å². The van der Waals surface area contributed by atoms with E-state index in [9.17, 15) is 0 Å². The van der Waals surface area contributed by atoms with Gasteiger partial charge < -0.3 is 14.8 Å². The highest BCUT2D eigenvalue weighted by atomic mass is 79.9. The summed E-state index contributed by atoms with van der Waals surface area (Å²) >= 11 is 3.45. The maximum Gasteiger partial charge on any atom is 0.133 e. The Hall–Kier alpha value is -0.450. The summed E-state index contributed by atoms with van der Waals surface area (Å²) in [5.41, 5.74) is 1.17. The number of halogens is 2. The molecule has 2 rings (SSSR count). The fourth-order valence-electron chi connectivity index (χ4n) is 1.71. The third-order valence-corrected chi connectivity index (χ3v) is 3.32. The molecule has 1 N–H and O–H groups in total. The SMILES string of the molecule is COc1cc([C@@H]2CCN2)c(OC)cc1Br.Cl. The largest absolute Gasteiger partial charge is 0.496 e. The third kappa shape index (κ3) is 2.44. The van der Waals surface area contributed by atoms with Crippen molar-refractivity contribution in [2.45, 2.75) is 12.5 Å². The first-order valence-corrected chi connectivity index (χ1v) is 5.70. The van der Waals surface area contributed by atoms with Crippen LogP contribution in [0, 0.1) is 0 Å². The Labute approximate surface area is 110 Å². The van der Waals surface area contributed by atoms with Crippen molar-refractivity contribution in [3.05, 3.63) is 22.2 Å². The lowest BCUT2D eigenvalue weighted by Gasteiger charge is -2.29. The average Bonchev–Trinajstić information content (AvgIpc) is 2.17. The van der Waals surface area contributed by atoms with Crippen molar-refractivity contribution in [1.82, 2.24) is 5.32 Å². The van der Waals surface area contributed by atoms with Crippen LogP contribution in [0.15, 0.2) is 16.6 Å². The number of hydrogen-bond acceptors (Lipinski definition) is 3. The molecule has 1 aromatic rings. The first-order valence-electron chi connectivity index (χ1n) is 4.91. The fourth-order valence-corrected chi connectivity index (χ4v) is 2.19. The minimum atomic E-state index is 0. The Morgan fingerprint density at radius 2 is 1.88 bits per heavy atom. The number of nitrogens with one attached hydrogen (secondary N) is 1. The minimum Gasteiger partial charge on any atom is -0.496 e. The van der Waals surface area contributed by atoms with Crippen LogP contribution in [-0.2, 0) is 0 Å². The molecule has 1 aliphatic rings. The van der Waals surface area contributed by atoms with Crippen molar-refractivity contribution in [3.8, 4) is 11.5 Å². The zero-order valence-corrected chi connectivity index (χ0v) is 11.7. The molecule has 3 nitrogen and oxygen atoms in total. The van der Waals surface area contributed by atoms with Gasteiger partial charge in [-0.3, -0.25) is 0 Å². The van der Waals surface area contributed by atoms with Crippen molar-refractivity contribution in [3.63, 3.8) is 0 Å². The van der Waals surface area contributed by atoms with Crippen molar-refractivity contribution in [2.24, 2.45) is 0 Å². The molecule has 0 aliphatic carbocycles. The first kappa shape index (κ1) is 13.6. The maximum atomic E-state index is 5.36. The summed E-state index contributed by atoms with van der Waals surface area (Å²) in [5.74, 6) is 1.75.